The molecule has 6 nitrogen and oxygen atoms in total. The molecule has 0 aromatic carbocycles. The number of pyridine rings is 1. The van der Waals surface area contributed by atoms with Gasteiger partial charge in [-0.15, -0.1) is 5.06 Å². The summed E-state index contributed by atoms with van der Waals surface area (Å²) in [4.78, 5) is 42.2. The molecule has 1 aromatic rings. The Hall–Kier alpha value is -2.24. The molecule has 1 saturated heterocycles. The summed E-state index contributed by atoms with van der Waals surface area (Å²) >= 11 is 0. The van der Waals surface area contributed by atoms with Crippen LogP contribution in [0.5, 0.6) is 0 Å². The maximum atomic E-state index is 11.5. The van der Waals surface area contributed by atoms with Gasteiger partial charge in [0.05, 0.1) is 5.56 Å². The highest BCUT2D eigenvalue weighted by Gasteiger charge is 2.33. The summed E-state index contributed by atoms with van der Waals surface area (Å²) in [6.45, 7) is 0. The summed E-state index contributed by atoms with van der Waals surface area (Å²) in [5.74, 6) is -1.76. The van der Waals surface area contributed by atoms with Crippen molar-refractivity contribution < 1.29 is 19.2 Å². The van der Waals surface area contributed by atoms with Crippen molar-refractivity contribution in [3.63, 3.8) is 0 Å². The van der Waals surface area contributed by atoms with E-state index in [2.05, 4.69) is 9.82 Å². The first-order valence-corrected chi connectivity index (χ1v) is 4.66. The molecule has 0 spiro atoms. The molecule has 6 heteroatoms. The van der Waals surface area contributed by atoms with Gasteiger partial charge in [0.1, 0.15) is 0 Å². The van der Waals surface area contributed by atoms with Crippen LogP contribution in [-0.4, -0.2) is 27.8 Å². The lowest BCUT2D eigenvalue weighted by Crippen LogP contribution is -2.32. The second-order valence-electron chi connectivity index (χ2n) is 3.20. The van der Waals surface area contributed by atoms with Gasteiger partial charge >= 0.3 is 5.97 Å². The van der Waals surface area contributed by atoms with Crippen molar-refractivity contribution in [1.29, 1.82) is 0 Å². The van der Waals surface area contributed by atoms with Crippen LogP contribution >= 0.6 is 0 Å². The minimum Gasteiger partial charge on any atom is -0.325 e. The third-order valence-corrected chi connectivity index (χ3v) is 2.08. The van der Waals surface area contributed by atoms with Crippen LogP contribution in [0.15, 0.2) is 24.5 Å². The largest absolute Gasteiger partial charge is 0.365 e. The van der Waals surface area contributed by atoms with Crippen LogP contribution in [0.2, 0.25) is 0 Å². The van der Waals surface area contributed by atoms with E-state index in [1.165, 1.54) is 18.5 Å². The normalized spacial score (nSPS) is 15.4. The van der Waals surface area contributed by atoms with Crippen molar-refractivity contribution in [2.75, 3.05) is 0 Å². The zero-order chi connectivity index (χ0) is 11.5. The van der Waals surface area contributed by atoms with Gasteiger partial charge in [-0.05, 0) is 12.1 Å². The lowest BCUT2D eigenvalue weighted by molar-refractivity contribution is -0.172. The molecule has 0 bridgehead atoms. The van der Waals surface area contributed by atoms with Crippen LogP contribution in [0.25, 0.3) is 0 Å². The lowest BCUT2D eigenvalue weighted by atomic mass is 10.3. The number of imide groups is 1. The average Bonchev–Trinajstić information content (AvgIpc) is 2.62. The van der Waals surface area contributed by atoms with Crippen LogP contribution in [-0.2, 0) is 14.4 Å². The van der Waals surface area contributed by atoms with Crippen molar-refractivity contribution in [2.24, 2.45) is 0 Å². The summed E-state index contributed by atoms with van der Waals surface area (Å²) in [6.07, 6.45) is 2.97. The Morgan fingerprint density at radius 1 is 1.31 bits per heavy atom. The van der Waals surface area contributed by atoms with E-state index in [0.29, 0.717) is 5.06 Å². The molecule has 16 heavy (non-hydrogen) atoms. The maximum Gasteiger partial charge on any atom is 0.365 e. The zero-order valence-corrected chi connectivity index (χ0v) is 8.25. The van der Waals surface area contributed by atoms with Gasteiger partial charge in [-0.1, -0.05) is 0 Å². The minimum atomic E-state index is -0.767. The number of hydrogen-bond donors (Lipinski definition) is 0. The van der Waals surface area contributed by atoms with Gasteiger partial charge in [-0.3, -0.25) is 14.6 Å². The monoisotopic (exact) mass is 220 g/mol. The molecule has 1 aromatic heterocycles. The predicted octanol–water partition coefficient (Wildman–Crippen LogP) is 0.302. The van der Waals surface area contributed by atoms with E-state index >= 15 is 0 Å². The molecular weight excluding hydrogens is 212 g/mol. The highest BCUT2D eigenvalue weighted by atomic mass is 16.7. The summed E-state index contributed by atoms with van der Waals surface area (Å²) < 4.78 is 0. The quantitative estimate of drug-likeness (QED) is 0.670. The van der Waals surface area contributed by atoms with E-state index in [0.717, 1.165) is 0 Å². The van der Waals surface area contributed by atoms with Crippen LogP contribution in [0.4, 0.5) is 0 Å². The Morgan fingerprint density at radius 2 is 2.00 bits per heavy atom. The van der Waals surface area contributed by atoms with Gasteiger partial charge < -0.3 is 4.84 Å². The highest BCUT2D eigenvalue weighted by Crippen LogP contribution is 2.13. The number of hydroxylamine groups is 2. The van der Waals surface area contributed by atoms with E-state index in [1.54, 1.807) is 6.07 Å². The minimum absolute atomic E-state index is 0.0825. The fourth-order valence-corrected chi connectivity index (χ4v) is 1.28. The molecule has 0 saturated carbocycles. The third-order valence-electron chi connectivity index (χ3n) is 2.08. The number of hydrogen-bond acceptors (Lipinski definition) is 5. The number of carbonyl (C=O) groups excluding carboxylic acids is 3. The molecule has 82 valence electrons. The van der Waals surface area contributed by atoms with Crippen LogP contribution < -0.4 is 0 Å². The molecule has 0 unspecified atom stereocenters. The fourth-order valence-electron chi connectivity index (χ4n) is 1.28. The summed E-state index contributed by atoms with van der Waals surface area (Å²) in [5, 5.41) is 0.509. The molecule has 2 heterocycles. The average molecular weight is 220 g/mol. The Labute approximate surface area is 90.8 Å². The first kappa shape index (κ1) is 10.3. The smallest absolute Gasteiger partial charge is 0.325 e. The number of carbonyl (C=O) groups is 3. The fraction of sp³-hybridized carbons (Fsp3) is 0.200. The van der Waals surface area contributed by atoms with Gasteiger partial charge in [-0.25, -0.2) is 4.79 Å². The molecule has 0 radical (unpaired) electrons. The standard InChI is InChI=1S/C10H8N2O4/c13-8-3-4-9(14)12(8)16-10(15)7-2-1-5-11-6-7/h1-2,5-6H,3-4H2. The molecule has 0 aliphatic carbocycles. The first-order valence-electron chi connectivity index (χ1n) is 4.66. The van der Waals surface area contributed by atoms with Gasteiger partial charge in [0.15, 0.2) is 0 Å². The third kappa shape index (κ3) is 1.90. The molecule has 0 N–H and O–H groups in total. The molecular formula is C10H8N2O4. The number of nitrogens with zero attached hydrogens (tertiary/aromatic N) is 2. The number of rotatable bonds is 2. The van der Waals surface area contributed by atoms with E-state index in [-0.39, 0.29) is 18.4 Å². The Bertz CT molecular complexity index is 427. The Morgan fingerprint density at radius 3 is 2.56 bits per heavy atom. The SMILES string of the molecule is O=C(ON1C(=O)CCC1=O)c1cccnc1. The highest BCUT2D eigenvalue weighted by molar-refractivity contribution is 6.02. The molecule has 1 aliphatic rings. The van der Waals surface area contributed by atoms with Crippen molar-refractivity contribution in [3.8, 4) is 0 Å². The van der Waals surface area contributed by atoms with Crippen molar-refractivity contribution in [3.05, 3.63) is 30.1 Å². The lowest BCUT2D eigenvalue weighted by Gasteiger charge is -2.11. The second-order valence-corrected chi connectivity index (χ2v) is 3.20. The first-order chi connectivity index (χ1) is 7.68. The van der Waals surface area contributed by atoms with Crippen molar-refractivity contribution in [1.82, 2.24) is 10.0 Å². The number of aromatic nitrogens is 1. The summed E-state index contributed by atoms with van der Waals surface area (Å²) in [7, 11) is 0. The second kappa shape index (κ2) is 4.09. The molecule has 2 rings (SSSR count). The molecule has 1 fully saturated rings. The van der Waals surface area contributed by atoms with Gasteiger partial charge in [0.25, 0.3) is 11.8 Å². The summed E-state index contributed by atoms with van der Waals surface area (Å²) in [5.41, 5.74) is 0.190. The van der Waals surface area contributed by atoms with Crippen molar-refractivity contribution in [2.45, 2.75) is 12.8 Å². The van der Waals surface area contributed by atoms with E-state index in [4.69, 9.17) is 0 Å². The van der Waals surface area contributed by atoms with E-state index < -0.39 is 17.8 Å². The Kier molecular flexibility index (Phi) is 2.63. The van der Waals surface area contributed by atoms with Crippen LogP contribution in [0, 0.1) is 0 Å². The predicted molar refractivity (Wildman–Crippen MR) is 50.7 cm³/mol. The van der Waals surface area contributed by atoms with Crippen LogP contribution in [0.3, 0.4) is 0 Å². The number of amides is 2. The van der Waals surface area contributed by atoms with Crippen LogP contribution in [0.1, 0.15) is 23.2 Å². The summed E-state index contributed by atoms with van der Waals surface area (Å²) in [6, 6.07) is 3.05. The molecule has 1 aliphatic heterocycles. The van der Waals surface area contributed by atoms with E-state index in [9.17, 15) is 14.4 Å². The van der Waals surface area contributed by atoms with Crippen molar-refractivity contribution >= 4 is 17.8 Å². The van der Waals surface area contributed by atoms with Gasteiger partial charge in [0.2, 0.25) is 0 Å². The maximum absolute atomic E-state index is 11.5. The molecule has 2 amide bonds. The van der Waals surface area contributed by atoms with Gasteiger partial charge in [-0.2, -0.15) is 0 Å². The van der Waals surface area contributed by atoms with Gasteiger partial charge in [0, 0.05) is 25.2 Å². The van der Waals surface area contributed by atoms with E-state index in [1.807, 2.05) is 0 Å². The Balaban J connectivity index is 2.08. The topological polar surface area (TPSA) is 76.6 Å². The zero-order valence-electron chi connectivity index (χ0n) is 8.25. The molecule has 0 atom stereocenters.